The number of aliphatic imine (C=N–C) groups is 1. The van der Waals surface area contributed by atoms with Gasteiger partial charge in [-0.05, 0) is 47.7 Å². The van der Waals surface area contributed by atoms with Crippen LogP contribution in [-0.2, 0) is 0 Å². The number of benzene rings is 2. The van der Waals surface area contributed by atoms with Crippen molar-refractivity contribution in [1.82, 2.24) is 0 Å². The van der Waals surface area contributed by atoms with Crippen molar-refractivity contribution >= 4 is 29.4 Å². The van der Waals surface area contributed by atoms with Gasteiger partial charge in [-0.3, -0.25) is 4.99 Å². The van der Waals surface area contributed by atoms with Crippen LogP contribution in [0.3, 0.4) is 0 Å². The minimum atomic E-state index is -0.0269. The Kier molecular flexibility index (Phi) is 5.44. The highest BCUT2D eigenvalue weighted by Crippen LogP contribution is 2.28. The molecular formula is C18H19Cl2N. The molecule has 0 aliphatic rings. The molecule has 1 unspecified atom stereocenters. The molecule has 2 rings (SSSR count). The normalized spacial score (nSPS) is 13.0. The molecule has 0 saturated carbocycles. The lowest BCUT2D eigenvalue weighted by Gasteiger charge is -2.09. The molecule has 0 fully saturated rings. The van der Waals surface area contributed by atoms with Gasteiger partial charge in [0.1, 0.15) is 0 Å². The molecule has 3 heteroatoms. The van der Waals surface area contributed by atoms with E-state index in [1.54, 1.807) is 6.07 Å². The summed E-state index contributed by atoms with van der Waals surface area (Å²) >= 11 is 12.2. The first-order valence-corrected chi connectivity index (χ1v) is 7.81. The second-order valence-corrected chi connectivity index (χ2v) is 6.28. The van der Waals surface area contributed by atoms with Gasteiger partial charge in [0.05, 0.1) is 6.04 Å². The molecular weight excluding hydrogens is 301 g/mol. The first-order chi connectivity index (χ1) is 9.97. The van der Waals surface area contributed by atoms with Crippen LogP contribution in [0.4, 0.5) is 0 Å². The number of hydrogen-bond acceptors (Lipinski definition) is 1. The van der Waals surface area contributed by atoms with E-state index in [1.165, 1.54) is 5.56 Å². The Balaban J connectivity index is 2.14. The van der Waals surface area contributed by atoms with Gasteiger partial charge in [0.25, 0.3) is 0 Å². The quantitative estimate of drug-likeness (QED) is 0.586. The summed E-state index contributed by atoms with van der Waals surface area (Å²) in [7, 11) is 0. The molecule has 110 valence electrons. The molecule has 0 aromatic heterocycles. The molecule has 2 aromatic rings. The Bertz CT molecular complexity index is 630. The zero-order chi connectivity index (χ0) is 15.4. The van der Waals surface area contributed by atoms with E-state index in [4.69, 9.17) is 23.2 Å². The lowest BCUT2D eigenvalue weighted by Crippen LogP contribution is -1.93. The Morgan fingerprint density at radius 3 is 2.24 bits per heavy atom. The Morgan fingerprint density at radius 1 is 0.952 bits per heavy atom. The Hall–Kier alpha value is -1.31. The van der Waals surface area contributed by atoms with Crippen LogP contribution in [0, 0.1) is 0 Å². The zero-order valence-corrected chi connectivity index (χ0v) is 14.0. The van der Waals surface area contributed by atoms with Crippen molar-refractivity contribution in [2.24, 2.45) is 4.99 Å². The van der Waals surface area contributed by atoms with Crippen molar-refractivity contribution in [3.05, 3.63) is 69.2 Å². The van der Waals surface area contributed by atoms with Crippen LogP contribution in [0.1, 0.15) is 49.4 Å². The standard InChI is InChI=1S/C18H19Cl2N/c1-12(2)15-6-4-14(5-7-15)11-21-13(3)17-10-16(19)8-9-18(17)20/h4-13H,1-3H3. The molecule has 0 amide bonds. The van der Waals surface area contributed by atoms with E-state index in [2.05, 4.69) is 43.1 Å². The van der Waals surface area contributed by atoms with E-state index < -0.39 is 0 Å². The second-order valence-electron chi connectivity index (χ2n) is 5.44. The van der Waals surface area contributed by atoms with E-state index in [0.29, 0.717) is 16.0 Å². The minimum absolute atomic E-state index is 0.0269. The molecule has 0 saturated heterocycles. The first kappa shape index (κ1) is 16.1. The lowest BCUT2D eigenvalue weighted by molar-refractivity contribution is 0.825. The third kappa shape index (κ3) is 4.33. The topological polar surface area (TPSA) is 12.4 Å². The van der Waals surface area contributed by atoms with Crippen molar-refractivity contribution < 1.29 is 0 Å². The Labute approximate surface area is 136 Å². The molecule has 0 N–H and O–H groups in total. The van der Waals surface area contributed by atoms with Crippen LogP contribution in [-0.4, -0.2) is 6.21 Å². The van der Waals surface area contributed by atoms with Gasteiger partial charge in [-0.1, -0.05) is 61.3 Å². The molecule has 21 heavy (non-hydrogen) atoms. The molecule has 2 aromatic carbocycles. The Morgan fingerprint density at radius 2 is 1.62 bits per heavy atom. The predicted octanol–water partition coefficient (Wildman–Crippen LogP) is 6.30. The summed E-state index contributed by atoms with van der Waals surface area (Å²) in [6.45, 7) is 6.38. The highest BCUT2D eigenvalue weighted by atomic mass is 35.5. The fraction of sp³-hybridized carbons (Fsp3) is 0.278. The van der Waals surface area contributed by atoms with Crippen molar-refractivity contribution in [1.29, 1.82) is 0 Å². The minimum Gasteiger partial charge on any atom is -0.285 e. The van der Waals surface area contributed by atoms with Gasteiger partial charge >= 0.3 is 0 Å². The summed E-state index contributed by atoms with van der Waals surface area (Å²) < 4.78 is 0. The second kappa shape index (κ2) is 7.11. The number of halogens is 2. The zero-order valence-electron chi connectivity index (χ0n) is 12.5. The van der Waals surface area contributed by atoms with E-state index >= 15 is 0 Å². The van der Waals surface area contributed by atoms with Crippen LogP contribution >= 0.6 is 23.2 Å². The van der Waals surface area contributed by atoms with E-state index in [1.807, 2.05) is 25.3 Å². The summed E-state index contributed by atoms with van der Waals surface area (Å²) in [5.41, 5.74) is 3.36. The van der Waals surface area contributed by atoms with Gasteiger partial charge in [0.2, 0.25) is 0 Å². The predicted molar refractivity (Wildman–Crippen MR) is 93.0 cm³/mol. The summed E-state index contributed by atoms with van der Waals surface area (Å²) in [4.78, 5) is 4.57. The highest BCUT2D eigenvalue weighted by Gasteiger charge is 2.08. The highest BCUT2D eigenvalue weighted by molar-refractivity contribution is 6.33. The molecule has 0 bridgehead atoms. The molecule has 0 heterocycles. The summed E-state index contributed by atoms with van der Waals surface area (Å²) in [5, 5.41) is 1.37. The van der Waals surface area contributed by atoms with E-state index in [-0.39, 0.29) is 6.04 Å². The van der Waals surface area contributed by atoms with Crippen LogP contribution < -0.4 is 0 Å². The third-order valence-corrected chi connectivity index (χ3v) is 4.04. The summed E-state index contributed by atoms with van der Waals surface area (Å²) in [6, 6.07) is 13.9. The summed E-state index contributed by atoms with van der Waals surface area (Å²) in [6.07, 6.45) is 1.88. The van der Waals surface area contributed by atoms with Gasteiger partial charge in [-0.2, -0.15) is 0 Å². The van der Waals surface area contributed by atoms with Crippen LogP contribution in [0.5, 0.6) is 0 Å². The third-order valence-electron chi connectivity index (χ3n) is 3.46. The van der Waals surface area contributed by atoms with E-state index in [0.717, 1.165) is 11.1 Å². The fourth-order valence-electron chi connectivity index (χ4n) is 2.08. The lowest BCUT2D eigenvalue weighted by atomic mass is 10.0. The van der Waals surface area contributed by atoms with Gasteiger partial charge < -0.3 is 0 Å². The van der Waals surface area contributed by atoms with Crippen molar-refractivity contribution in [3.8, 4) is 0 Å². The largest absolute Gasteiger partial charge is 0.285 e. The van der Waals surface area contributed by atoms with Gasteiger partial charge in [-0.15, -0.1) is 0 Å². The maximum atomic E-state index is 6.20. The van der Waals surface area contributed by atoms with Gasteiger partial charge in [0, 0.05) is 16.3 Å². The van der Waals surface area contributed by atoms with Crippen molar-refractivity contribution in [3.63, 3.8) is 0 Å². The first-order valence-electron chi connectivity index (χ1n) is 7.05. The van der Waals surface area contributed by atoms with Crippen molar-refractivity contribution in [2.45, 2.75) is 32.7 Å². The van der Waals surface area contributed by atoms with Crippen LogP contribution in [0.25, 0.3) is 0 Å². The molecule has 0 spiro atoms. The van der Waals surface area contributed by atoms with Gasteiger partial charge in [-0.25, -0.2) is 0 Å². The fourth-order valence-corrected chi connectivity index (χ4v) is 2.54. The molecule has 1 nitrogen and oxygen atoms in total. The van der Waals surface area contributed by atoms with Gasteiger partial charge in [0.15, 0.2) is 0 Å². The molecule has 0 radical (unpaired) electrons. The maximum absolute atomic E-state index is 6.20. The molecule has 0 aliphatic heterocycles. The smallest absolute Gasteiger partial charge is 0.0736 e. The monoisotopic (exact) mass is 319 g/mol. The number of hydrogen-bond donors (Lipinski definition) is 0. The molecule has 1 atom stereocenters. The number of rotatable bonds is 4. The summed E-state index contributed by atoms with van der Waals surface area (Å²) in [5.74, 6) is 0.542. The SMILES string of the molecule is CC(C)c1ccc(C=NC(C)c2cc(Cl)ccc2Cl)cc1. The maximum Gasteiger partial charge on any atom is 0.0736 e. The average Bonchev–Trinajstić information content (AvgIpc) is 2.47. The number of nitrogens with zero attached hydrogens (tertiary/aromatic N) is 1. The average molecular weight is 320 g/mol. The van der Waals surface area contributed by atoms with E-state index in [9.17, 15) is 0 Å². The van der Waals surface area contributed by atoms with Crippen LogP contribution in [0.2, 0.25) is 10.0 Å². The molecule has 0 aliphatic carbocycles. The van der Waals surface area contributed by atoms with Crippen LogP contribution in [0.15, 0.2) is 47.5 Å². The van der Waals surface area contributed by atoms with Crippen molar-refractivity contribution in [2.75, 3.05) is 0 Å².